The van der Waals surface area contributed by atoms with Crippen LogP contribution in [-0.2, 0) is 16.0 Å². The Hall–Kier alpha value is -1.84. The fraction of sp³-hybridized carbons (Fsp3) is 0.600. The molecule has 1 atom stereocenters. The van der Waals surface area contributed by atoms with Gasteiger partial charge in [0.2, 0.25) is 11.8 Å². The van der Waals surface area contributed by atoms with Crippen molar-refractivity contribution < 1.29 is 9.59 Å². The van der Waals surface area contributed by atoms with Crippen LogP contribution in [-0.4, -0.2) is 23.9 Å². The van der Waals surface area contributed by atoms with Crippen LogP contribution in [0.4, 0.5) is 0 Å². The molecular formula is C20H30N2O2. The summed E-state index contributed by atoms with van der Waals surface area (Å²) in [5.74, 6) is 0.773. The maximum Gasteiger partial charge on any atom is 0.220 e. The van der Waals surface area contributed by atoms with E-state index in [2.05, 4.69) is 55.7 Å². The van der Waals surface area contributed by atoms with E-state index >= 15 is 0 Å². The van der Waals surface area contributed by atoms with E-state index in [1.54, 1.807) is 0 Å². The molecule has 1 aliphatic heterocycles. The standard InChI is InChI=1S/C20H30N2O2/c1-15(2)10-13-21-18(23)8-11-20(12-9-19(24)22-20)14-17-6-4-16(3)5-7-17/h4-7,15H,8-14H2,1-3H3,(H,21,23)(H,22,24)/t20-/m0/s1. The summed E-state index contributed by atoms with van der Waals surface area (Å²) in [6.45, 7) is 7.10. The van der Waals surface area contributed by atoms with Crippen molar-refractivity contribution in [2.45, 2.75) is 64.8 Å². The molecule has 4 nitrogen and oxygen atoms in total. The molecule has 1 fully saturated rings. The van der Waals surface area contributed by atoms with Crippen molar-refractivity contribution in [2.24, 2.45) is 5.92 Å². The van der Waals surface area contributed by atoms with Gasteiger partial charge in [-0.3, -0.25) is 9.59 Å². The van der Waals surface area contributed by atoms with Gasteiger partial charge < -0.3 is 10.6 Å². The van der Waals surface area contributed by atoms with Crippen LogP contribution in [0.1, 0.15) is 57.1 Å². The molecule has 1 saturated heterocycles. The third-order valence-electron chi connectivity index (χ3n) is 4.77. The van der Waals surface area contributed by atoms with Gasteiger partial charge >= 0.3 is 0 Å². The monoisotopic (exact) mass is 330 g/mol. The van der Waals surface area contributed by atoms with Crippen LogP contribution in [0.25, 0.3) is 0 Å². The Balaban J connectivity index is 1.92. The highest BCUT2D eigenvalue weighted by atomic mass is 16.2. The molecule has 1 aliphatic rings. The van der Waals surface area contributed by atoms with E-state index in [0.717, 1.165) is 25.8 Å². The quantitative estimate of drug-likeness (QED) is 0.769. The molecule has 0 radical (unpaired) electrons. The summed E-state index contributed by atoms with van der Waals surface area (Å²) in [7, 11) is 0. The summed E-state index contributed by atoms with van der Waals surface area (Å²) in [5, 5.41) is 6.13. The predicted molar refractivity (Wildman–Crippen MR) is 96.7 cm³/mol. The van der Waals surface area contributed by atoms with Gasteiger partial charge in [-0.1, -0.05) is 43.7 Å². The first kappa shape index (κ1) is 18.5. The minimum atomic E-state index is -0.276. The minimum Gasteiger partial charge on any atom is -0.356 e. The van der Waals surface area contributed by atoms with Crippen molar-refractivity contribution in [3.05, 3.63) is 35.4 Å². The molecular weight excluding hydrogens is 300 g/mol. The first-order valence-electron chi connectivity index (χ1n) is 9.02. The highest BCUT2D eigenvalue weighted by molar-refractivity contribution is 5.80. The summed E-state index contributed by atoms with van der Waals surface area (Å²) in [6.07, 6.45) is 4.31. The maximum absolute atomic E-state index is 12.1. The summed E-state index contributed by atoms with van der Waals surface area (Å²) in [6, 6.07) is 8.42. The molecule has 0 aromatic heterocycles. The van der Waals surface area contributed by atoms with Crippen molar-refractivity contribution in [3.8, 4) is 0 Å². The third-order valence-corrected chi connectivity index (χ3v) is 4.77. The van der Waals surface area contributed by atoms with Gasteiger partial charge in [-0.15, -0.1) is 0 Å². The number of amides is 2. The van der Waals surface area contributed by atoms with E-state index in [1.165, 1.54) is 11.1 Å². The second kappa shape index (κ2) is 8.32. The molecule has 2 amide bonds. The molecule has 2 N–H and O–H groups in total. The molecule has 0 unspecified atom stereocenters. The van der Waals surface area contributed by atoms with Crippen LogP contribution in [0, 0.1) is 12.8 Å². The van der Waals surface area contributed by atoms with Crippen molar-refractivity contribution in [1.29, 1.82) is 0 Å². The van der Waals surface area contributed by atoms with Gasteiger partial charge in [0.1, 0.15) is 0 Å². The molecule has 4 heteroatoms. The lowest BCUT2D eigenvalue weighted by Crippen LogP contribution is -2.44. The smallest absolute Gasteiger partial charge is 0.220 e. The highest BCUT2D eigenvalue weighted by Gasteiger charge is 2.37. The Kier molecular flexibility index (Phi) is 6.41. The second-order valence-electron chi connectivity index (χ2n) is 7.52. The number of benzene rings is 1. The number of carbonyl (C=O) groups is 2. The van der Waals surface area contributed by atoms with E-state index in [0.29, 0.717) is 25.2 Å². The average Bonchev–Trinajstić information content (AvgIpc) is 2.89. The van der Waals surface area contributed by atoms with Crippen molar-refractivity contribution in [2.75, 3.05) is 6.54 Å². The van der Waals surface area contributed by atoms with E-state index in [1.807, 2.05) is 0 Å². The Bertz CT molecular complexity index is 566. The van der Waals surface area contributed by atoms with Gasteiger partial charge in [0.15, 0.2) is 0 Å². The topological polar surface area (TPSA) is 58.2 Å². The Morgan fingerprint density at radius 1 is 1.29 bits per heavy atom. The second-order valence-corrected chi connectivity index (χ2v) is 7.52. The molecule has 1 aromatic carbocycles. The predicted octanol–water partition coefficient (Wildman–Crippen LogP) is 3.13. The largest absolute Gasteiger partial charge is 0.356 e. The number of rotatable bonds is 8. The molecule has 2 rings (SSSR count). The zero-order valence-electron chi connectivity index (χ0n) is 15.2. The van der Waals surface area contributed by atoms with E-state index in [-0.39, 0.29) is 17.4 Å². The third kappa shape index (κ3) is 5.66. The van der Waals surface area contributed by atoms with Crippen LogP contribution in [0.3, 0.4) is 0 Å². The Morgan fingerprint density at radius 2 is 2.00 bits per heavy atom. The van der Waals surface area contributed by atoms with Crippen LogP contribution in [0.15, 0.2) is 24.3 Å². The maximum atomic E-state index is 12.1. The average molecular weight is 330 g/mol. The van der Waals surface area contributed by atoms with Crippen molar-refractivity contribution >= 4 is 11.8 Å². The normalized spacial score (nSPS) is 20.2. The molecule has 0 spiro atoms. The zero-order valence-corrected chi connectivity index (χ0v) is 15.2. The number of hydrogen-bond donors (Lipinski definition) is 2. The first-order valence-corrected chi connectivity index (χ1v) is 9.02. The van der Waals surface area contributed by atoms with Gasteiger partial charge in [0.05, 0.1) is 0 Å². The lowest BCUT2D eigenvalue weighted by Gasteiger charge is -2.29. The number of nitrogens with one attached hydrogen (secondary N) is 2. The zero-order chi connectivity index (χ0) is 17.6. The first-order chi connectivity index (χ1) is 11.4. The number of hydrogen-bond acceptors (Lipinski definition) is 2. The van der Waals surface area contributed by atoms with Gasteiger partial charge in [-0.2, -0.15) is 0 Å². The molecule has 1 aromatic rings. The lowest BCUT2D eigenvalue weighted by atomic mass is 9.84. The summed E-state index contributed by atoms with van der Waals surface area (Å²) in [5.41, 5.74) is 2.16. The summed E-state index contributed by atoms with van der Waals surface area (Å²) in [4.78, 5) is 23.9. The molecule has 0 saturated carbocycles. The Labute approximate surface area is 145 Å². The fourth-order valence-electron chi connectivity index (χ4n) is 3.22. The number of carbonyl (C=O) groups excluding carboxylic acids is 2. The number of aryl methyl sites for hydroxylation is 1. The van der Waals surface area contributed by atoms with E-state index < -0.39 is 0 Å². The molecule has 132 valence electrons. The van der Waals surface area contributed by atoms with E-state index in [9.17, 15) is 9.59 Å². The van der Waals surface area contributed by atoms with E-state index in [4.69, 9.17) is 0 Å². The SMILES string of the molecule is Cc1ccc(C[C@]2(CCC(=O)NCCC(C)C)CCC(=O)N2)cc1. The van der Waals surface area contributed by atoms with Crippen LogP contribution in [0.5, 0.6) is 0 Å². The molecule has 0 aliphatic carbocycles. The van der Waals surface area contributed by atoms with Gasteiger partial charge in [0, 0.05) is 24.9 Å². The van der Waals surface area contributed by atoms with Gasteiger partial charge in [-0.25, -0.2) is 0 Å². The summed E-state index contributed by atoms with van der Waals surface area (Å²) < 4.78 is 0. The van der Waals surface area contributed by atoms with Crippen LogP contribution < -0.4 is 10.6 Å². The fourth-order valence-corrected chi connectivity index (χ4v) is 3.22. The van der Waals surface area contributed by atoms with Gasteiger partial charge in [-0.05, 0) is 44.1 Å². The Morgan fingerprint density at radius 3 is 2.58 bits per heavy atom. The van der Waals surface area contributed by atoms with Crippen molar-refractivity contribution in [3.63, 3.8) is 0 Å². The van der Waals surface area contributed by atoms with Crippen molar-refractivity contribution in [1.82, 2.24) is 10.6 Å². The van der Waals surface area contributed by atoms with Crippen LogP contribution >= 0.6 is 0 Å². The lowest BCUT2D eigenvalue weighted by molar-refractivity contribution is -0.122. The van der Waals surface area contributed by atoms with Gasteiger partial charge in [0.25, 0.3) is 0 Å². The minimum absolute atomic E-state index is 0.0834. The molecule has 1 heterocycles. The molecule has 24 heavy (non-hydrogen) atoms. The highest BCUT2D eigenvalue weighted by Crippen LogP contribution is 2.29. The van der Waals surface area contributed by atoms with Crippen LogP contribution in [0.2, 0.25) is 0 Å². The molecule has 0 bridgehead atoms. The summed E-state index contributed by atoms with van der Waals surface area (Å²) >= 11 is 0.